The van der Waals surface area contributed by atoms with Gasteiger partial charge in [0.15, 0.2) is 0 Å². The molecule has 1 aliphatic heterocycles. The summed E-state index contributed by atoms with van der Waals surface area (Å²) in [7, 11) is 0. The van der Waals surface area contributed by atoms with E-state index < -0.39 is 6.61 Å². The van der Waals surface area contributed by atoms with E-state index in [1.165, 1.54) is 12.1 Å². The lowest BCUT2D eigenvalue weighted by Gasteiger charge is -2.32. The van der Waals surface area contributed by atoms with Crippen LogP contribution in [0, 0.1) is 11.8 Å². The van der Waals surface area contributed by atoms with Gasteiger partial charge >= 0.3 is 6.61 Å². The molecule has 1 heterocycles. The van der Waals surface area contributed by atoms with Gasteiger partial charge < -0.3 is 15.0 Å². The van der Waals surface area contributed by atoms with Crippen LogP contribution in [-0.4, -0.2) is 36.4 Å². The predicted molar refractivity (Wildman–Crippen MR) is 91.7 cm³/mol. The Hall–Kier alpha value is -2.18. The molecule has 2 amide bonds. The Morgan fingerprint density at radius 1 is 1.23 bits per heavy atom. The number of carbonyl (C=O) groups is 2. The molecule has 2 atom stereocenters. The van der Waals surface area contributed by atoms with Crippen molar-refractivity contribution in [3.05, 3.63) is 29.8 Å². The topological polar surface area (TPSA) is 58.6 Å². The zero-order valence-corrected chi connectivity index (χ0v) is 14.8. The maximum atomic E-state index is 12.6. The van der Waals surface area contributed by atoms with Crippen molar-refractivity contribution >= 4 is 11.8 Å². The number of benzene rings is 1. The van der Waals surface area contributed by atoms with Gasteiger partial charge in [0.2, 0.25) is 11.8 Å². The first-order valence-electron chi connectivity index (χ1n) is 9.08. The quantitative estimate of drug-likeness (QED) is 0.842. The second kappa shape index (κ2) is 8.01. The number of alkyl halides is 2. The molecule has 2 fully saturated rings. The van der Waals surface area contributed by atoms with Gasteiger partial charge in [0, 0.05) is 19.0 Å². The minimum absolute atomic E-state index is 0.0671. The summed E-state index contributed by atoms with van der Waals surface area (Å²) in [4.78, 5) is 26.6. The third-order valence-corrected chi connectivity index (χ3v) is 4.97. The molecule has 1 aliphatic carbocycles. The van der Waals surface area contributed by atoms with E-state index in [1.807, 2.05) is 4.90 Å². The van der Waals surface area contributed by atoms with Crippen molar-refractivity contribution in [2.24, 2.45) is 11.8 Å². The number of likely N-dealkylation sites (tertiary alicyclic amines) is 1. The summed E-state index contributed by atoms with van der Waals surface area (Å²) in [6.45, 7) is 0.103. The van der Waals surface area contributed by atoms with Crippen LogP contribution in [0.5, 0.6) is 5.75 Å². The number of hydrogen-bond donors (Lipinski definition) is 1. The highest BCUT2D eigenvalue weighted by molar-refractivity contribution is 5.83. The van der Waals surface area contributed by atoms with Gasteiger partial charge in [-0.2, -0.15) is 8.78 Å². The van der Waals surface area contributed by atoms with Crippen molar-refractivity contribution in [1.29, 1.82) is 0 Å². The van der Waals surface area contributed by atoms with Crippen molar-refractivity contribution in [1.82, 2.24) is 10.2 Å². The third-order valence-electron chi connectivity index (χ3n) is 4.97. The summed E-state index contributed by atoms with van der Waals surface area (Å²) in [5.74, 6) is 0.0681. The van der Waals surface area contributed by atoms with Gasteiger partial charge in [-0.1, -0.05) is 12.1 Å². The van der Waals surface area contributed by atoms with Crippen LogP contribution in [0.25, 0.3) is 0 Å². The molecule has 142 valence electrons. The molecule has 1 saturated carbocycles. The molecule has 7 heteroatoms. The summed E-state index contributed by atoms with van der Waals surface area (Å²) in [6, 6.07) is 5.99. The summed E-state index contributed by atoms with van der Waals surface area (Å²) in [5.41, 5.74) is 0.693. The van der Waals surface area contributed by atoms with Crippen molar-refractivity contribution in [2.45, 2.75) is 45.3 Å². The minimum Gasteiger partial charge on any atom is -0.435 e. The third kappa shape index (κ3) is 4.71. The van der Waals surface area contributed by atoms with Crippen molar-refractivity contribution in [3.8, 4) is 5.75 Å². The van der Waals surface area contributed by atoms with Gasteiger partial charge in [0.25, 0.3) is 0 Å². The lowest BCUT2D eigenvalue weighted by Crippen LogP contribution is -2.46. The van der Waals surface area contributed by atoms with Crippen LogP contribution in [0.3, 0.4) is 0 Å². The van der Waals surface area contributed by atoms with Crippen LogP contribution in [-0.2, 0) is 9.59 Å². The summed E-state index contributed by atoms with van der Waals surface area (Å²) >= 11 is 0. The van der Waals surface area contributed by atoms with Crippen LogP contribution >= 0.6 is 0 Å². The molecule has 1 N–H and O–H groups in total. The number of ether oxygens (including phenoxy) is 1. The van der Waals surface area contributed by atoms with Crippen LogP contribution in [0.2, 0.25) is 0 Å². The first-order chi connectivity index (χ1) is 12.4. The number of amides is 2. The van der Waals surface area contributed by atoms with Gasteiger partial charge in [-0.3, -0.25) is 9.59 Å². The molecule has 2 unspecified atom stereocenters. The standard InChI is InChI=1S/C19H24F2N2O3/c1-12(14-4-2-6-16(10-14)26-19(20)21)22-17(24)15-5-3-9-23(11-15)18(25)13-7-8-13/h2,4,6,10,12-13,15,19H,3,5,7-9,11H2,1H3,(H,22,24). The Labute approximate surface area is 151 Å². The largest absolute Gasteiger partial charge is 0.435 e. The van der Waals surface area contributed by atoms with Crippen LogP contribution in [0.1, 0.15) is 44.2 Å². The first kappa shape index (κ1) is 18.6. The number of piperidine rings is 1. The number of hydrogen-bond acceptors (Lipinski definition) is 3. The lowest BCUT2D eigenvalue weighted by molar-refractivity contribution is -0.137. The highest BCUT2D eigenvalue weighted by Gasteiger charge is 2.36. The Kier molecular flexibility index (Phi) is 5.74. The zero-order chi connectivity index (χ0) is 18.7. The van der Waals surface area contributed by atoms with E-state index in [0.29, 0.717) is 12.1 Å². The smallest absolute Gasteiger partial charge is 0.387 e. The fourth-order valence-corrected chi connectivity index (χ4v) is 3.35. The molecule has 26 heavy (non-hydrogen) atoms. The zero-order valence-electron chi connectivity index (χ0n) is 14.8. The van der Waals surface area contributed by atoms with E-state index >= 15 is 0 Å². The minimum atomic E-state index is -2.88. The SMILES string of the molecule is CC(NC(=O)C1CCCN(C(=O)C2CC2)C1)c1cccc(OC(F)F)c1. The average Bonchev–Trinajstić information content (AvgIpc) is 3.46. The summed E-state index contributed by atoms with van der Waals surface area (Å²) in [5, 5.41) is 2.93. The van der Waals surface area contributed by atoms with Crippen LogP contribution < -0.4 is 10.1 Å². The monoisotopic (exact) mass is 366 g/mol. The van der Waals surface area contributed by atoms with E-state index in [1.54, 1.807) is 19.1 Å². The Morgan fingerprint density at radius 2 is 2.00 bits per heavy atom. The second-order valence-electron chi connectivity index (χ2n) is 7.08. The maximum Gasteiger partial charge on any atom is 0.387 e. The van der Waals surface area contributed by atoms with Crippen molar-refractivity contribution in [3.63, 3.8) is 0 Å². The fourth-order valence-electron chi connectivity index (χ4n) is 3.35. The predicted octanol–water partition coefficient (Wildman–Crippen LogP) is 3.11. The molecule has 1 saturated heterocycles. The van der Waals surface area contributed by atoms with E-state index in [4.69, 9.17) is 0 Å². The molecule has 3 rings (SSSR count). The van der Waals surface area contributed by atoms with Crippen molar-refractivity contribution < 1.29 is 23.1 Å². The Bertz CT molecular complexity index is 664. The normalized spacial score (nSPS) is 21.4. The second-order valence-corrected chi connectivity index (χ2v) is 7.08. The molecule has 1 aromatic rings. The van der Waals surface area contributed by atoms with Gasteiger partial charge in [-0.15, -0.1) is 0 Å². The molecule has 1 aromatic carbocycles. The summed E-state index contributed by atoms with van der Waals surface area (Å²) in [6.07, 6.45) is 3.49. The molecule has 0 bridgehead atoms. The maximum absolute atomic E-state index is 12.6. The highest BCUT2D eigenvalue weighted by Crippen LogP contribution is 2.32. The number of nitrogens with zero attached hydrogens (tertiary/aromatic N) is 1. The highest BCUT2D eigenvalue weighted by atomic mass is 19.3. The Balaban J connectivity index is 1.57. The Morgan fingerprint density at radius 3 is 2.69 bits per heavy atom. The molecule has 0 spiro atoms. The lowest BCUT2D eigenvalue weighted by atomic mass is 9.96. The van der Waals surface area contributed by atoms with E-state index in [0.717, 1.165) is 32.2 Å². The fraction of sp³-hybridized carbons (Fsp3) is 0.579. The number of carbonyl (C=O) groups excluding carboxylic acids is 2. The van der Waals surface area contributed by atoms with Gasteiger partial charge in [0.1, 0.15) is 5.75 Å². The van der Waals surface area contributed by atoms with Gasteiger partial charge in [0.05, 0.1) is 12.0 Å². The molecular weight excluding hydrogens is 342 g/mol. The van der Waals surface area contributed by atoms with E-state index in [2.05, 4.69) is 10.1 Å². The van der Waals surface area contributed by atoms with Gasteiger partial charge in [-0.25, -0.2) is 0 Å². The van der Waals surface area contributed by atoms with E-state index in [-0.39, 0.29) is 35.4 Å². The van der Waals surface area contributed by atoms with Gasteiger partial charge in [-0.05, 0) is 50.3 Å². The summed E-state index contributed by atoms with van der Waals surface area (Å²) < 4.78 is 29.1. The average molecular weight is 366 g/mol. The molecule has 0 radical (unpaired) electrons. The first-order valence-corrected chi connectivity index (χ1v) is 9.08. The van der Waals surface area contributed by atoms with Crippen LogP contribution in [0.15, 0.2) is 24.3 Å². The molecule has 5 nitrogen and oxygen atoms in total. The number of rotatable bonds is 6. The number of nitrogens with one attached hydrogen (secondary N) is 1. The molecule has 2 aliphatic rings. The van der Waals surface area contributed by atoms with Crippen LogP contribution in [0.4, 0.5) is 8.78 Å². The van der Waals surface area contributed by atoms with E-state index in [9.17, 15) is 18.4 Å². The number of halogens is 2. The molecular formula is C19H24F2N2O3. The van der Waals surface area contributed by atoms with Crippen molar-refractivity contribution in [2.75, 3.05) is 13.1 Å². The molecule has 0 aromatic heterocycles.